The average Bonchev–Trinajstić information content (AvgIpc) is 1.38. The fourth-order valence-electron chi connectivity index (χ4n) is 0. The largest absolute Gasteiger partial charge is 0.125 e. The van der Waals surface area contributed by atoms with E-state index >= 15 is 0 Å². The molecule has 0 saturated carbocycles. The molecule has 0 aromatic heterocycles. The Morgan fingerprint density at radius 3 is 1.80 bits per heavy atom. The number of allylic oxidation sites excluding steroid dienone is 1. The van der Waals surface area contributed by atoms with Crippen LogP contribution in [-0.4, -0.2) is 4.84 Å². The van der Waals surface area contributed by atoms with Gasteiger partial charge in [0.15, 0.2) is 0 Å². The smallest absolute Gasteiger partial charge is 0.101 e. The number of hydrogen-bond acceptors (Lipinski definition) is 0. The highest BCUT2D eigenvalue weighted by Crippen LogP contribution is 1.99. The van der Waals surface area contributed by atoms with E-state index in [0.29, 0.717) is 0 Å². The van der Waals surface area contributed by atoms with Crippen LogP contribution in [0.5, 0.6) is 0 Å². The maximum absolute atomic E-state index is 5.11. The van der Waals surface area contributed by atoms with Gasteiger partial charge in [-0.1, -0.05) is 6.08 Å². The summed E-state index contributed by atoms with van der Waals surface area (Å²) < 4.78 is 0. The average molecular weight is 111 g/mol. The van der Waals surface area contributed by atoms with Crippen molar-refractivity contribution in [1.82, 2.24) is 0 Å². The summed E-state index contributed by atoms with van der Waals surface area (Å²) in [5.41, 5.74) is 0. The molecule has 0 aliphatic rings. The lowest BCUT2D eigenvalue weighted by Gasteiger charge is -1.77. The zero-order valence-electron chi connectivity index (χ0n) is 2.62. The molecule has 0 spiro atoms. The fraction of sp³-hybridized carbons (Fsp3) is 0.333. The Hall–Kier alpha value is 0.320. The Bertz CT molecular complexity index is 31.9. The zero-order chi connectivity index (χ0) is 4.28. The molecule has 0 aliphatic heterocycles. The van der Waals surface area contributed by atoms with Gasteiger partial charge < -0.3 is 0 Å². The minimum Gasteiger partial charge on any atom is -0.101 e. The fourth-order valence-corrected chi connectivity index (χ4v) is 0. The van der Waals surface area contributed by atoms with Crippen LogP contribution in [0.15, 0.2) is 12.7 Å². The van der Waals surface area contributed by atoms with Crippen molar-refractivity contribution in [1.29, 1.82) is 0 Å². The minimum absolute atomic E-state index is 0.407. The van der Waals surface area contributed by atoms with Gasteiger partial charge in [0.05, 0.1) is 0 Å². The first-order chi connectivity index (χ1) is 2.27. The molecule has 5 heavy (non-hydrogen) atoms. The van der Waals surface area contributed by atoms with Crippen LogP contribution in [0.4, 0.5) is 0 Å². The maximum Gasteiger partial charge on any atom is 0.125 e. The second kappa shape index (κ2) is 2.55. The molecular weight excluding hydrogens is 107 g/mol. The first-order valence-electron chi connectivity index (χ1n) is 1.18. The highest BCUT2D eigenvalue weighted by atomic mass is 35.5. The number of hydrogen-bond donors (Lipinski definition) is 0. The van der Waals surface area contributed by atoms with Crippen LogP contribution in [0.25, 0.3) is 0 Å². The van der Waals surface area contributed by atoms with Gasteiger partial charge in [0, 0.05) is 0 Å². The van der Waals surface area contributed by atoms with Gasteiger partial charge >= 0.3 is 0 Å². The lowest BCUT2D eigenvalue weighted by atomic mass is 10.8. The van der Waals surface area contributed by atoms with E-state index in [1.165, 1.54) is 6.08 Å². The molecular formula is C3H4Cl2. The van der Waals surface area contributed by atoms with Crippen LogP contribution in [0.2, 0.25) is 0 Å². The molecule has 30 valence electrons. The lowest BCUT2D eigenvalue weighted by Crippen LogP contribution is -1.68. The molecule has 0 aromatic rings. The molecule has 0 nitrogen and oxygen atoms in total. The monoisotopic (exact) mass is 110 g/mol. The summed E-state index contributed by atoms with van der Waals surface area (Å²) in [6.07, 6.45) is 1.45. The van der Waals surface area contributed by atoms with Gasteiger partial charge in [-0.3, -0.25) is 0 Å². The predicted molar refractivity (Wildman–Crippen MR) is 25.7 cm³/mol. The van der Waals surface area contributed by atoms with E-state index in [4.69, 9.17) is 23.2 Å². The van der Waals surface area contributed by atoms with Gasteiger partial charge in [-0.05, 0) is 0 Å². The highest BCUT2D eigenvalue weighted by molar-refractivity contribution is 6.45. The van der Waals surface area contributed by atoms with Crippen LogP contribution in [0, 0.1) is 0 Å². The standard InChI is InChI=1S/C3H4Cl2/c1-2-3(4)5/h2-3H,1H2. The Morgan fingerprint density at radius 1 is 1.60 bits per heavy atom. The van der Waals surface area contributed by atoms with Crippen LogP contribution < -0.4 is 0 Å². The van der Waals surface area contributed by atoms with Crippen molar-refractivity contribution >= 4 is 23.2 Å². The molecule has 0 aliphatic carbocycles. The van der Waals surface area contributed by atoms with Crippen molar-refractivity contribution in [3.63, 3.8) is 0 Å². The van der Waals surface area contributed by atoms with E-state index < -0.39 is 4.84 Å². The van der Waals surface area contributed by atoms with Gasteiger partial charge in [0.25, 0.3) is 0 Å². The number of halogens is 2. The summed E-state index contributed by atoms with van der Waals surface area (Å²) in [5, 5.41) is 0. The molecule has 0 unspecified atom stereocenters. The molecule has 0 N–H and O–H groups in total. The van der Waals surface area contributed by atoms with Crippen molar-refractivity contribution in [2.24, 2.45) is 0 Å². The second-order valence-electron chi connectivity index (χ2n) is 0.570. The summed E-state index contributed by atoms with van der Waals surface area (Å²) in [5.74, 6) is 0. The van der Waals surface area contributed by atoms with Crippen molar-refractivity contribution < 1.29 is 0 Å². The van der Waals surface area contributed by atoms with E-state index in [0.717, 1.165) is 0 Å². The molecule has 2 heteroatoms. The van der Waals surface area contributed by atoms with Crippen LogP contribution in [0.3, 0.4) is 0 Å². The molecule has 0 heterocycles. The Kier molecular flexibility index (Phi) is 2.71. The SMILES string of the molecule is C=CC(Cl)Cl. The molecule has 0 rings (SSSR count). The van der Waals surface area contributed by atoms with Gasteiger partial charge in [-0.15, -0.1) is 29.8 Å². The van der Waals surface area contributed by atoms with Crippen molar-refractivity contribution in [3.8, 4) is 0 Å². The quantitative estimate of drug-likeness (QED) is 0.358. The number of rotatable bonds is 1. The molecule has 0 fully saturated rings. The third kappa shape index (κ3) is 4.32. The van der Waals surface area contributed by atoms with Gasteiger partial charge in [0.1, 0.15) is 4.84 Å². The summed E-state index contributed by atoms with van der Waals surface area (Å²) >= 11 is 10.2. The van der Waals surface area contributed by atoms with E-state index in [1.807, 2.05) is 0 Å². The van der Waals surface area contributed by atoms with Gasteiger partial charge in [-0.25, -0.2) is 0 Å². The van der Waals surface area contributed by atoms with Crippen LogP contribution in [0.1, 0.15) is 0 Å². The first kappa shape index (κ1) is 5.32. The summed E-state index contributed by atoms with van der Waals surface area (Å²) in [6, 6.07) is 0. The molecule has 0 saturated heterocycles. The Balaban J connectivity index is 2.83. The molecule has 0 amide bonds. The zero-order valence-corrected chi connectivity index (χ0v) is 4.13. The highest BCUT2D eigenvalue weighted by Gasteiger charge is 1.80. The summed E-state index contributed by atoms with van der Waals surface area (Å²) in [6.45, 7) is 3.30. The van der Waals surface area contributed by atoms with Crippen molar-refractivity contribution in [3.05, 3.63) is 12.7 Å². The van der Waals surface area contributed by atoms with Crippen molar-refractivity contribution in [2.75, 3.05) is 0 Å². The third-order valence-electron chi connectivity index (χ3n) is 0.178. The lowest BCUT2D eigenvalue weighted by molar-refractivity contribution is 1.64. The Labute approximate surface area is 41.4 Å². The van der Waals surface area contributed by atoms with Gasteiger partial charge in [-0.2, -0.15) is 0 Å². The molecule has 0 atom stereocenters. The van der Waals surface area contributed by atoms with Crippen molar-refractivity contribution in [2.45, 2.75) is 4.84 Å². The predicted octanol–water partition coefficient (Wildman–Crippen LogP) is 1.98. The van der Waals surface area contributed by atoms with Crippen LogP contribution >= 0.6 is 23.2 Å². The maximum atomic E-state index is 5.11. The normalized spacial score (nSPS) is 8.60. The van der Waals surface area contributed by atoms with Gasteiger partial charge in [0.2, 0.25) is 0 Å². The summed E-state index contributed by atoms with van der Waals surface area (Å²) in [7, 11) is 0. The topological polar surface area (TPSA) is 0 Å². The number of alkyl halides is 2. The third-order valence-corrected chi connectivity index (χ3v) is 0.535. The molecule has 0 aromatic carbocycles. The first-order valence-corrected chi connectivity index (χ1v) is 2.05. The Morgan fingerprint density at radius 2 is 1.80 bits per heavy atom. The summed E-state index contributed by atoms with van der Waals surface area (Å²) in [4.78, 5) is -0.407. The molecule has 0 radical (unpaired) electrons. The minimum atomic E-state index is -0.407. The van der Waals surface area contributed by atoms with Crippen LogP contribution in [-0.2, 0) is 0 Å². The van der Waals surface area contributed by atoms with E-state index in [9.17, 15) is 0 Å². The van der Waals surface area contributed by atoms with E-state index in [-0.39, 0.29) is 0 Å². The van der Waals surface area contributed by atoms with E-state index in [2.05, 4.69) is 6.58 Å². The van der Waals surface area contributed by atoms with E-state index in [1.54, 1.807) is 0 Å². The second-order valence-corrected chi connectivity index (χ2v) is 1.73. The molecule has 0 bridgehead atoms.